The van der Waals surface area contributed by atoms with E-state index in [4.69, 9.17) is 9.47 Å². The molecular weight excluding hydrogens is 452 g/mol. The highest BCUT2D eigenvalue weighted by atomic mass is 32.1. The van der Waals surface area contributed by atoms with Crippen molar-refractivity contribution in [2.24, 2.45) is 0 Å². The Bertz CT molecular complexity index is 1520. The van der Waals surface area contributed by atoms with Crippen molar-refractivity contribution in [3.8, 4) is 17.0 Å². The predicted octanol–water partition coefficient (Wildman–Crippen LogP) is 4.71. The van der Waals surface area contributed by atoms with Crippen LogP contribution in [0.2, 0.25) is 0 Å². The van der Waals surface area contributed by atoms with E-state index in [1.165, 1.54) is 11.3 Å². The molecule has 3 aromatic heterocycles. The van der Waals surface area contributed by atoms with E-state index in [1.807, 2.05) is 36.4 Å². The molecular formula is C25H18N4O4S. The molecule has 168 valence electrons. The third-order valence-electron chi connectivity index (χ3n) is 5.07. The number of ether oxygens (including phenoxy) is 2. The van der Waals surface area contributed by atoms with Crippen LogP contribution in [0.5, 0.6) is 5.75 Å². The molecule has 1 amide bonds. The Morgan fingerprint density at radius 2 is 1.88 bits per heavy atom. The lowest BCUT2D eigenvalue weighted by molar-refractivity contribution is -0.119. The highest BCUT2D eigenvalue weighted by Crippen LogP contribution is 2.29. The Balaban J connectivity index is 1.33. The molecule has 5 aromatic rings. The maximum atomic E-state index is 12.9. The first-order valence-electron chi connectivity index (χ1n) is 10.3. The standard InChI is InChI=1S/C25H18N4O4S/c1-32-16-8-9-20-22(11-16)34-25(28-20)29-23(30)14-33-24(31)18-12-21(15-5-4-10-26-13-15)27-19-7-3-2-6-17(18)19/h2-13H,14H2,1H3,(H,28,29,30). The van der Waals surface area contributed by atoms with Gasteiger partial charge in [0, 0.05) is 23.3 Å². The Morgan fingerprint density at radius 3 is 2.71 bits per heavy atom. The SMILES string of the molecule is COc1ccc2nc(NC(=O)COC(=O)c3cc(-c4cccnc4)nc4ccccc34)sc2c1. The van der Waals surface area contributed by atoms with Crippen LogP contribution in [0.25, 0.3) is 32.4 Å². The first kappa shape index (κ1) is 21.5. The van der Waals surface area contributed by atoms with Gasteiger partial charge in [-0.2, -0.15) is 0 Å². The number of aromatic nitrogens is 3. The van der Waals surface area contributed by atoms with Crippen LogP contribution in [-0.2, 0) is 9.53 Å². The number of thiazole rings is 1. The summed E-state index contributed by atoms with van der Waals surface area (Å²) in [6.07, 6.45) is 3.34. The third kappa shape index (κ3) is 4.41. The fourth-order valence-corrected chi connectivity index (χ4v) is 4.37. The van der Waals surface area contributed by atoms with E-state index in [2.05, 4.69) is 20.3 Å². The van der Waals surface area contributed by atoms with Crippen molar-refractivity contribution in [1.29, 1.82) is 0 Å². The summed E-state index contributed by atoms with van der Waals surface area (Å²) in [6.45, 7) is -0.447. The fraction of sp³-hybridized carbons (Fsp3) is 0.0800. The first-order valence-corrected chi connectivity index (χ1v) is 11.1. The van der Waals surface area contributed by atoms with E-state index in [0.29, 0.717) is 33.0 Å². The third-order valence-corrected chi connectivity index (χ3v) is 6.00. The second kappa shape index (κ2) is 9.24. The number of fused-ring (bicyclic) bond motifs is 2. The molecule has 0 bridgehead atoms. The molecule has 1 N–H and O–H groups in total. The molecule has 0 radical (unpaired) electrons. The van der Waals surface area contributed by atoms with Crippen molar-refractivity contribution >= 4 is 49.5 Å². The van der Waals surface area contributed by atoms with Crippen molar-refractivity contribution < 1.29 is 19.1 Å². The zero-order chi connectivity index (χ0) is 23.5. The molecule has 2 aromatic carbocycles. The number of methoxy groups -OCH3 is 1. The molecule has 0 aliphatic rings. The van der Waals surface area contributed by atoms with Crippen LogP contribution in [0.4, 0.5) is 5.13 Å². The maximum Gasteiger partial charge on any atom is 0.339 e. The van der Waals surface area contributed by atoms with Crippen molar-refractivity contribution in [3.63, 3.8) is 0 Å². The molecule has 9 heteroatoms. The number of esters is 1. The first-order chi connectivity index (χ1) is 16.6. The largest absolute Gasteiger partial charge is 0.497 e. The van der Waals surface area contributed by atoms with Crippen LogP contribution in [0.15, 0.2) is 73.1 Å². The van der Waals surface area contributed by atoms with Crippen molar-refractivity contribution in [2.45, 2.75) is 0 Å². The van der Waals surface area contributed by atoms with Gasteiger partial charge in [-0.1, -0.05) is 29.5 Å². The lowest BCUT2D eigenvalue weighted by Gasteiger charge is -2.10. The van der Waals surface area contributed by atoms with Gasteiger partial charge in [-0.05, 0) is 42.5 Å². The minimum absolute atomic E-state index is 0.323. The number of nitrogens with one attached hydrogen (secondary N) is 1. The van der Waals surface area contributed by atoms with Gasteiger partial charge in [-0.15, -0.1) is 0 Å². The topological polar surface area (TPSA) is 103 Å². The predicted molar refractivity (Wildman–Crippen MR) is 130 cm³/mol. The lowest BCUT2D eigenvalue weighted by atomic mass is 10.1. The molecule has 3 heterocycles. The Morgan fingerprint density at radius 1 is 1.00 bits per heavy atom. The van der Waals surface area contributed by atoms with Gasteiger partial charge in [-0.25, -0.2) is 14.8 Å². The van der Waals surface area contributed by atoms with Crippen LogP contribution in [-0.4, -0.2) is 40.5 Å². The summed E-state index contributed by atoms with van der Waals surface area (Å²) in [4.78, 5) is 38.5. The van der Waals surface area contributed by atoms with Gasteiger partial charge in [0.2, 0.25) is 0 Å². The molecule has 0 spiro atoms. The van der Waals surface area contributed by atoms with Gasteiger partial charge in [0.25, 0.3) is 5.91 Å². The Kier molecular flexibility index (Phi) is 5.84. The molecule has 0 aliphatic carbocycles. The van der Waals surface area contributed by atoms with E-state index in [9.17, 15) is 9.59 Å². The molecule has 34 heavy (non-hydrogen) atoms. The molecule has 0 saturated heterocycles. The number of carbonyl (C=O) groups excluding carboxylic acids is 2. The number of hydrogen-bond acceptors (Lipinski definition) is 8. The maximum absolute atomic E-state index is 12.9. The van der Waals surface area contributed by atoms with Crippen LogP contribution >= 0.6 is 11.3 Å². The number of pyridine rings is 2. The number of carbonyl (C=O) groups is 2. The van der Waals surface area contributed by atoms with Gasteiger partial charge in [0.05, 0.1) is 34.1 Å². The van der Waals surface area contributed by atoms with Crippen molar-refractivity contribution in [1.82, 2.24) is 15.0 Å². The number of nitrogens with zero attached hydrogens (tertiary/aromatic N) is 3. The van der Waals surface area contributed by atoms with Crippen molar-refractivity contribution in [2.75, 3.05) is 19.0 Å². The minimum Gasteiger partial charge on any atom is -0.497 e. The minimum atomic E-state index is -0.618. The summed E-state index contributed by atoms with van der Waals surface area (Å²) >= 11 is 1.31. The Labute approximate surface area is 198 Å². The molecule has 0 unspecified atom stereocenters. The summed E-state index contributed by atoms with van der Waals surface area (Å²) in [5.41, 5.74) is 3.07. The van der Waals surface area contributed by atoms with Crippen LogP contribution in [0.3, 0.4) is 0 Å². The summed E-state index contributed by atoms with van der Waals surface area (Å²) in [5.74, 6) is -0.392. The van der Waals surface area contributed by atoms with Crippen LogP contribution in [0, 0.1) is 0 Å². The average Bonchev–Trinajstić information content (AvgIpc) is 3.28. The number of anilines is 1. The van der Waals surface area contributed by atoms with Crippen LogP contribution in [0.1, 0.15) is 10.4 Å². The molecule has 0 atom stereocenters. The zero-order valence-corrected chi connectivity index (χ0v) is 18.8. The molecule has 0 fully saturated rings. The smallest absolute Gasteiger partial charge is 0.339 e. The van der Waals surface area contributed by atoms with E-state index >= 15 is 0 Å². The molecule has 0 aliphatic heterocycles. The van der Waals surface area contributed by atoms with Gasteiger partial charge < -0.3 is 9.47 Å². The number of para-hydroxylation sites is 1. The number of amides is 1. The summed E-state index contributed by atoms with van der Waals surface area (Å²) in [7, 11) is 1.59. The quantitative estimate of drug-likeness (QED) is 0.359. The number of benzene rings is 2. The second-order valence-electron chi connectivity index (χ2n) is 7.29. The van der Waals surface area contributed by atoms with E-state index in [0.717, 1.165) is 15.8 Å². The van der Waals surface area contributed by atoms with Gasteiger partial charge in [0.15, 0.2) is 11.7 Å². The highest BCUT2D eigenvalue weighted by Gasteiger charge is 2.17. The lowest BCUT2D eigenvalue weighted by Crippen LogP contribution is -2.21. The monoisotopic (exact) mass is 470 g/mol. The van der Waals surface area contributed by atoms with Gasteiger partial charge in [-0.3, -0.25) is 15.1 Å². The Hall–Kier alpha value is -4.37. The summed E-state index contributed by atoms with van der Waals surface area (Å²) in [5, 5.41) is 3.73. The van der Waals surface area contributed by atoms with Gasteiger partial charge in [0.1, 0.15) is 5.75 Å². The molecule has 8 nitrogen and oxygen atoms in total. The average molecular weight is 471 g/mol. The van der Waals surface area contributed by atoms with E-state index < -0.39 is 18.5 Å². The zero-order valence-electron chi connectivity index (χ0n) is 18.0. The second-order valence-corrected chi connectivity index (χ2v) is 8.32. The van der Waals surface area contributed by atoms with Gasteiger partial charge >= 0.3 is 5.97 Å². The van der Waals surface area contributed by atoms with Crippen molar-refractivity contribution in [3.05, 3.63) is 78.6 Å². The fourth-order valence-electron chi connectivity index (χ4n) is 3.46. The van der Waals surface area contributed by atoms with E-state index in [-0.39, 0.29) is 0 Å². The number of hydrogen-bond donors (Lipinski definition) is 1. The summed E-state index contributed by atoms with van der Waals surface area (Å²) in [6, 6.07) is 18.0. The number of rotatable bonds is 6. The van der Waals surface area contributed by atoms with E-state index in [1.54, 1.807) is 43.8 Å². The highest BCUT2D eigenvalue weighted by molar-refractivity contribution is 7.22. The molecule has 5 rings (SSSR count). The summed E-state index contributed by atoms with van der Waals surface area (Å²) < 4.78 is 11.4. The molecule has 0 saturated carbocycles. The van der Waals surface area contributed by atoms with Crippen LogP contribution < -0.4 is 10.1 Å². The normalized spacial score (nSPS) is 10.9.